The molecule has 180 valence electrons. The summed E-state index contributed by atoms with van der Waals surface area (Å²) in [7, 11) is -3.44. The molecule has 0 aliphatic carbocycles. The van der Waals surface area contributed by atoms with E-state index in [0.717, 1.165) is 57.5 Å². The van der Waals surface area contributed by atoms with E-state index in [1.807, 2.05) is 19.1 Å². The van der Waals surface area contributed by atoms with E-state index in [-0.39, 0.29) is 11.8 Å². The minimum atomic E-state index is -3.44. The van der Waals surface area contributed by atoms with E-state index < -0.39 is 10.0 Å². The maximum atomic E-state index is 12.8. The van der Waals surface area contributed by atoms with Crippen LogP contribution in [0.15, 0.2) is 29.2 Å². The van der Waals surface area contributed by atoms with Crippen molar-refractivity contribution in [1.29, 1.82) is 0 Å². The fourth-order valence-corrected chi connectivity index (χ4v) is 6.10. The largest absolute Gasteiger partial charge is 0.356 e. The van der Waals surface area contributed by atoms with E-state index >= 15 is 0 Å². The summed E-state index contributed by atoms with van der Waals surface area (Å²) in [6.07, 6.45) is 4.16. The van der Waals surface area contributed by atoms with Gasteiger partial charge in [0.15, 0.2) is 0 Å². The molecule has 3 rings (SSSR count). The molecule has 0 bridgehead atoms. The molecule has 0 spiro atoms. The van der Waals surface area contributed by atoms with Gasteiger partial charge in [-0.3, -0.25) is 4.79 Å². The second kappa shape index (κ2) is 12.1. The molecule has 0 atom stereocenters. The third-order valence-corrected chi connectivity index (χ3v) is 8.60. The Balaban J connectivity index is 1.30. The predicted octanol–water partition coefficient (Wildman–Crippen LogP) is 2.32. The Morgan fingerprint density at radius 2 is 1.56 bits per heavy atom. The highest BCUT2D eigenvalue weighted by Crippen LogP contribution is 2.25. The number of nitrogens with one attached hydrogen (secondary N) is 1. The normalized spacial score (nSPS) is 19.8. The highest BCUT2D eigenvalue weighted by Gasteiger charge is 2.30. The number of amides is 1. The van der Waals surface area contributed by atoms with Crippen molar-refractivity contribution in [3.05, 3.63) is 29.8 Å². The molecule has 0 aromatic heterocycles. The second-order valence-corrected chi connectivity index (χ2v) is 11.2. The molecule has 1 amide bonds. The molecular weight excluding hydrogens is 424 g/mol. The summed E-state index contributed by atoms with van der Waals surface area (Å²) in [6.45, 7) is 12.6. The van der Waals surface area contributed by atoms with Crippen molar-refractivity contribution in [2.75, 3.05) is 58.9 Å². The molecule has 1 N–H and O–H groups in total. The van der Waals surface area contributed by atoms with Gasteiger partial charge in [-0.15, -0.1) is 0 Å². The highest BCUT2D eigenvalue weighted by molar-refractivity contribution is 7.89. The molecule has 2 aliphatic rings. The minimum Gasteiger partial charge on any atom is -0.356 e. The van der Waals surface area contributed by atoms with Crippen molar-refractivity contribution in [2.45, 2.75) is 50.8 Å². The van der Waals surface area contributed by atoms with Crippen molar-refractivity contribution in [3.63, 3.8) is 0 Å². The van der Waals surface area contributed by atoms with E-state index in [0.29, 0.717) is 31.0 Å². The maximum absolute atomic E-state index is 12.8. The van der Waals surface area contributed by atoms with Crippen LogP contribution in [-0.2, 0) is 14.8 Å². The van der Waals surface area contributed by atoms with Crippen molar-refractivity contribution >= 4 is 15.9 Å². The third kappa shape index (κ3) is 7.27. The molecule has 1 aromatic carbocycles. The molecule has 1 aromatic rings. The number of carbonyl (C=O) groups is 1. The number of aryl methyl sites for hydroxylation is 1. The standard InChI is InChI=1S/C24H40N4O3S/c1-3-12-26-16-18-27(19-17-26)13-4-11-25-24(29)20-22-9-14-28(15-10-22)32(30,31)23-7-5-21(2)6-8-23/h5-8,22H,3-4,9-20H2,1-2H3,(H,25,29). The molecule has 2 aliphatic heterocycles. The summed E-state index contributed by atoms with van der Waals surface area (Å²) >= 11 is 0. The summed E-state index contributed by atoms with van der Waals surface area (Å²) in [4.78, 5) is 17.7. The summed E-state index contributed by atoms with van der Waals surface area (Å²) in [5.74, 6) is 0.351. The average Bonchev–Trinajstić information content (AvgIpc) is 2.79. The Bertz CT molecular complexity index is 812. The van der Waals surface area contributed by atoms with Crippen molar-refractivity contribution < 1.29 is 13.2 Å². The molecule has 2 heterocycles. The molecule has 32 heavy (non-hydrogen) atoms. The summed E-state index contributed by atoms with van der Waals surface area (Å²) in [6, 6.07) is 7.01. The van der Waals surface area contributed by atoms with Crippen LogP contribution in [0.4, 0.5) is 0 Å². The molecule has 0 saturated carbocycles. The van der Waals surface area contributed by atoms with Crippen LogP contribution in [0.1, 0.15) is 44.6 Å². The van der Waals surface area contributed by atoms with Gasteiger partial charge in [-0.1, -0.05) is 24.6 Å². The van der Waals surface area contributed by atoms with E-state index in [1.165, 1.54) is 13.0 Å². The topological polar surface area (TPSA) is 73.0 Å². The fourth-order valence-electron chi connectivity index (χ4n) is 4.63. The first-order chi connectivity index (χ1) is 15.4. The first-order valence-corrected chi connectivity index (χ1v) is 13.6. The molecule has 7 nitrogen and oxygen atoms in total. The van der Waals surface area contributed by atoms with Gasteiger partial charge < -0.3 is 15.1 Å². The zero-order valence-electron chi connectivity index (χ0n) is 19.8. The van der Waals surface area contributed by atoms with Gasteiger partial charge in [-0.2, -0.15) is 4.31 Å². The van der Waals surface area contributed by atoms with Gasteiger partial charge in [0.2, 0.25) is 15.9 Å². The third-order valence-electron chi connectivity index (χ3n) is 6.68. The first-order valence-electron chi connectivity index (χ1n) is 12.2. The van der Waals surface area contributed by atoms with Crippen LogP contribution in [-0.4, -0.2) is 87.3 Å². The van der Waals surface area contributed by atoms with Gasteiger partial charge in [0.05, 0.1) is 4.90 Å². The van der Waals surface area contributed by atoms with Gasteiger partial charge in [0, 0.05) is 52.2 Å². The number of rotatable bonds is 10. The average molecular weight is 465 g/mol. The lowest BCUT2D eigenvalue weighted by molar-refractivity contribution is -0.122. The van der Waals surface area contributed by atoms with E-state index in [2.05, 4.69) is 22.0 Å². The zero-order chi connectivity index (χ0) is 23.0. The van der Waals surface area contributed by atoms with Crippen molar-refractivity contribution in [1.82, 2.24) is 19.4 Å². The molecule has 0 radical (unpaired) electrons. The number of sulfonamides is 1. The number of hydrogen-bond donors (Lipinski definition) is 1. The molecule has 2 fully saturated rings. The lowest BCUT2D eigenvalue weighted by Gasteiger charge is -2.34. The molecular formula is C24H40N4O3S. The van der Waals surface area contributed by atoms with Crippen LogP contribution in [0, 0.1) is 12.8 Å². The Hall–Kier alpha value is -1.48. The van der Waals surface area contributed by atoms with Crippen molar-refractivity contribution in [2.24, 2.45) is 5.92 Å². The smallest absolute Gasteiger partial charge is 0.243 e. The lowest BCUT2D eigenvalue weighted by Crippen LogP contribution is -2.47. The Morgan fingerprint density at radius 3 is 2.16 bits per heavy atom. The molecule has 2 saturated heterocycles. The molecule has 8 heteroatoms. The Labute approximate surface area is 194 Å². The highest BCUT2D eigenvalue weighted by atomic mass is 32.2. The van der Waals surface area contributed by atoms with E-state index in [1.54, 1.807) is 16.4 Å². The van der Waals surface area contributed by atoms with Crippen LogP contribution in [0.5, 0.6) is 0 Å². The van der Waals surface area contributed by atoms with E-state index in [4.69, 9.17) is 0 Å². The number of carbonyl (C=O) groups excluding carboxylic acids is 1. The first kappa shape index (κ1) is 25.1. The SMILES string of the molecule is CCCN1CCN(CCCNC(=O)CC2CCN(S(=O)(=O)c3ccc(C)cc3)CC2)CC1. The van der Waals surface area contributed by atoms with Gasteiger partial charge >= 0.3 is 0 Å². The number of piperidine rings is 1. The van der Waals surface area contributed by atoms with Gasteiger partial charge in [-0.25, -0.2) is 8.42 Å². The number of piperazine rings is 1. The van der Waals surface area contributed by atoms with Crippen LogP contribution in [0.3, 0.4) is 0 Å². The number of nitrogens with zero attached hydrogens (tertiary/aromatic N) is 3. The lowest BCUT2D eigenvalue weighted by atomic mass is 9.94. The minimum absolute atomic E-state index is 0.0950. The maximum Gasteiger partial charge on any atom is 0.243 e. The Morgan fingerprint density at radius 1 is 0.969 bits per heavy atom. The monoisotopic (exact) mass is 464 g/mol. The number of benzene rings is 1. The van der Waals surface area contributed by atoms with Crippen molar-refractivity contribution in [3.8, 4) is 0 Å². The predicted molar refractivity (Wildman–Crippen MR) is 128 cm³/mol. The van der Waals surface area contributed by atoms with Crippen LogP contribution < -0.4 is 5.32 Å². The summed E-state index contributed by atoms with van der Waals surface area (Å²) < 4.78 is 27.2. The van der Waals surface area contributed by atoms with Crippen LogP contribution >= 0.6 is 0 Å². The fraction of sp³-hybridized carbons (Fsp3) is 0.708. The van der Waals surface area contributed by atoms with Crippen LogP contribution in [0.2, 0.25) is 0 Å². The zero-order valence-corrected chi connectivity index (χ0v) is 20.6. The van der Waals surface area contributed by atoms with Gasteiger partial charge in [0.1, 0.15) is 0 Å². The van der Waals surface area contributed by atoms with E-state index in [9.17, 15) is 13.2 Å². The summed E-state index contributed by atoms with van der Waals surface area (Å²) in [5, 5.41) is 3.06. The van der Waals surface area contributed by atoms with Crippen LogP contribution in [0.25, 0.3) is 0 Å². The second-order valence-electron chi connectivity index (χ2n) is 9.25. The number of hydrogen-bond acceptors (Lipinski definition) is 5. The van der Waals surface area contributed by atoms with Gasteiger partial charge in [-0.05, 0) is 63.7 Å². The quantitative estimate of drug-likeness (QED) is 0.538. The van der Waals surface area contributed by atoms with Gasteiger partial charge in [0.25, 0.3) is 0 Å². The summed E-state index contributed by atoms with van der Waals surface area (Å²) in [5.41, 5.74) is 1.04. The molecule has 0 unspecified atom stereocenters. The Kier molecular flexibility index (Phi) is 9.52.